The number of carbonyl (C=O) groups excluding carboxylic acids is 1. The summed E-state index contributed by atoms with van der Waals surface area (Å²) in [6.07, 6.45) is 4.79. The third-order valence-electron chi connectivity index (χ3n) is 5.21. The van der Waals surface area contributed by atoms with Crippen LogP contribution < -0.4 is 5.32 Å². The van der Waals surface area contributed by atoms with Crippen LogP contribution in [0.1, 0.15) is 41.6 Å². The molecule has 2 fully saturated rings. The van der Waals surface area contributed by atoms with Crippen LogP contribution in [0.15, 0.2) is 18.2 Å². The number of rotatable bonds is 1. The van der Waals surface area contributed by atoms with Crippen LogP contribution in [-0.2, 0) is 0 Å². The van der Waals surface area contributed by atoms with Crippen LogP contribution in [0, 0.1) is 12.3 Å². The molecule has 0 radical (unpaired) electrons. The first-order valence-electron chi connectivity index (χ1n) is 7.86. The molecule has 2 aliphatic heterocycles. The summed E-state index contributed by atoms with van der Waals surface area (Å²) in [6.45, 7) is 5.99. The summed E-state index contributed by atoms with van der Waals surface area (Å²) in [5.74, 6) is 0.138. The van der Waals surface area contributed by atoms with E-state index in [-0.39, 0.29) is 18.3 Å². The highest BCUT2D eigenvalue weighted by Crippen LogP contribution is 2.39. The number of carbonyl (C=O) groups is 1. The van der Waals surface area contributed by atoms with E-state index in [1.807, 2.05) is 24.0 Å². The van der Waals surface area contributed by atoms with Gasteiger partial charge in [0, 0.05) is 23.7 Å². The number of aryl methyl sites for hydroxylation is 1. The van der Waals surface area contributed by atoms with E-state index >= 15 is 0 Å². The summed E-state index contributed by atoms with van der Waals surface area (Å²) >= 11 is 6.04. The Hall–Kier alpha value is -0.770. The van der Waals surface area contributed by atoms with E-state index in [0.29, 0.717) is 10.4 Å². The molecule has 3 nitrogen and oxygen atoms in total. The van der Waals surface area contributed by atoms with Crippen LogP contribution in [0.4, 0.5) is 0 Å². The molecular weight excluding hydrogens is 319 g/mol. The van der Waals surface area contributed by atoms with Crippen LogP contribution >= 0.6 is 24.0 Å². The zero-order chi connectivity index (χ0) is 14.9. The first kappa shape index (κ1) is 17.6. The highest BCUT2D eigenvalue weighted by Gasteiger charge is 2.36. The molecule has 2 saturated heterocycles. The fourth-order valence-corrected chi connectivity index (χ4v) is 3.81. The van der Waals surface area contributed by atoms with Gasteiger partial charge in [0.25, 0.3) is 5.91 Å². The summed E-state index contributed by atoms with van der Waals surface area (Å²) < 4.78 is 0. The molecule has 3 rings (SSSR count). The predicted molar refractivity (Wildman–Crippen MR) is 93.1 cm³/mol. The van der Waals surface area contributed by atoms with Crippen molar-refractivity contribution in [2.24, 2.45) is 5.41 Å². The summed E-state index contributed by atoms with van der Waals surface area (Å²) in [7, 11) is 0. The summed E-state index contributed by atoms with van der Waals surface area (Å²) in [5.41, 5.74) is 2.24. The maximum absolute atomic E-state index is 12.7. The third kappa shape index (κ3) is 3.58. The van der Waals surface area contributed by atoms with Gasteiger partial charge in [-0.2, -0.15) is 0 Å². The van der Waals surface area contributed by atoms with Gasteiger partial charge < -0.3 is 10.2 Å². The number of benzene rings is 1. The van der Waals surface area contributed by atoms with Crippen LogP contribution in [0.25, 0.3) is 0 Å². The highest BCUT2D eigenvalue weighted by molar-refractivity contribution is 6.31. The molecule has 1 N–H and O–H groups in total. The van der Waals surface area contributed by atoms with Crippen molar-refractivity contribution >= 4 is 29.9 Å². The summed E-state index contributed by atoms with van der Waals surface area (Å²) in [6, 6.07) is 5.57. The second kappa shape index (κ2) is 7.20. The second-order valence-corrected chi connectivity index (χ2v) is 6.94. The predicted octanol–water partition coefficient (Wildman–Crippen LogP) is 3.68. The van der Waals surface area contributed by atoms with Gasteiger partial charge in [-0.05, 0) is 68.8 Å². The molecule has 2 heterocycles. The van der Waals surface area contributed by atoms with Gasteiger partial charge in [-0.1, -0.05) is 17.7 Å². The third-order valence-corrected chi connectivity index (χ3v) is 5.44. The Labute approximate surface area is 143 Å². The normalized spacial score (nSPS) is 20.5. The lowest BCUT2D eigenvalue weighted by molar-refractivity contribution is 0.0495. The first-order chi connectivity index (χ1) is 10.1. The van der Waals surface area contributed by atoms with Crippen LogP contribution in [0.2, 0.25) is 5.02 Å². The zero-order valence-electron chi connectivity index (χ0n) is 13.0. The van der Waals surface area contributed by atoms with Crippen molar-refractivity contribution in [1.29, 1.82) is 0 Å². The lowest BCUT2D eigenvalue weighted by atomic mass is 9.71. The van der Waals surface area contributed by atoms with E-state index in [9.17, 15) is 4.79 Å². The van der Waals surface area contributed by atoms with Gasteiger partial charge in [0.05, 0.1) is 0 Å². The zero-order valence-corrected chi connectivity index (χ0v) is 14.6. The number of halogens is 2. The van der Waals surface area contributed by atoms with Crippen molar-refractivity contribution in [3.05, 3.63) is 34.3 Å². The van der Waals surface area contributed by atoms with Gasteiger partial charge in [0.15, 0.2) is 0 Å². The largest absolute Gasteiger partial charge is 0.339 e. The molecule has 1 spiro atoms. The number of hydrogen-bond acceptors (Lipinski definition) is 2. The monoisotopic (exact) mass is 342 g/mol. The maximum Gasteiger partial charge on any atom is 0.254 e. The molecule has 1 amide bonds. The topological polar surface area (TPSA) is 32.3 Å². The number of piperidine rings is 2. The molecule has 0 atom stereocenters. The van der Waals surface area contributed by atoms with Crippen molar-refractivity contribution in [3.8, 4) is 0 Å². The molecule has 0 bridgehead atoms. The van der Waals surface area contributed by atoms with E-state index in [1.165, 1.54) is 12.8 Å². The summed E-state index contributed by atoms with van der Waals surface area (Å²) in [4.78, 5) is 14.7. The maximum atomic E-state index is 12.7. The Kier molecular flexibility index (Phi) is 5.76. The highest BCUT2D eigenvalue weighted by atomic mass is 35.5. The van der Waals surface area contributed by atoms with E-state index in [1.54, 1.807) is 6.07 Å². The SMILES string of the molecule is Cc1ccc(Cl)cc1C(=O)N1CCC2(CCNCC2)CC1.Cl. The van der Waals surface area contributed by atoms with Crippen LogP contribution in [0.5, 0.6) is 0 Å². The molecule has 2 aliphatic rings. The minimum absolute atomic E-state index is 0. The Morgan fingerprint density at radius 1 is 1.18 bits per heavy atom. The van der Waals surface area contributed by atoms with E-state index < -0.39 is 0 Å². The molecule has 122 valence electrons. The molecule has 5 heteroatoms. The van der Waals surface area contributed by atoms with Gasteiger partial charge in [0.2, 0.25) is 0 Å². The Morgan fingerprint density at radius 3 is 2.45 bits per heavy atom. The molecule has 0 aromatic heterocycles. The van der Waals surface area contributed by atoms with Gasteiger partial charge in [-0.25, -0.2) is 0 Å². The van der Waals surface area contributed by atoms with Crippen molar-refractivity contribution in [1.82, 2.24) is 10.2 Å². The van der Waals surface area contributed by atoms with Crippen molar-refractivity contribution in [2.45, 2.75) is 32.6 Å². The smallest absolute Gasteiger partial charge is 0.254 e. The first-order valence-corrected chi connectivity index (χ1v) is 8.24. The average molecular weight is 343 g/mol. The fourth-order valence-electron chi connectivity index (χ4n) is 3.64. The van der Waals surface area contributed by atoms with E-state index in [0.717, 1.165) is 50.1 Å². The lowest BCUT2D eigenvalue weighted by Gasteiger charge is -2.44. The molecule has 0 unspecified atom stereocenters. The van der Waals surface area contributed by atoms with Gasteiger partial charge in [0.1, 0.15) is 0 Å². The van der Waals surface area contributed by atoms with Crippen LogP contribution in [0.3, 0.4) is 0 Å². The van der Waals surface area contributed by atoms with Crippen molar-refractivity contribution in [2.75, 3.05) is 26.2 Å². The molecule has 0 aliphatic carbocycles. The second-order valence-electron chi connectivity index (χ2n) is 6.50. The molecule has 22 heavy (non-hydrogen) atoms. The fraction of sp³-hybridized carbons (Fsp3) is 0.588. The van der Waals surface area contributed by atoms with Crippen LogP contribution in [-0.4, -0.2) is 37.0 Å². The standard InChI is InChI=1S/C17H23ClN2O.ClH/c1-13-2-3-14(18)12-15(13)16(21)20-10-6-17(7-11-20)4-8-19-9-5-17;/h2-3,12,19H,4-11H2,1H3;1H. The number of nitrogens with one attached hydrogen (secondary N) is 1. The molecular formula is C17H24Cl2N2O. The summed E-state index contributed by atoms with van der Waals surface area (Å²) in [5, 5.41) is 4.07. The quantitative estimate of drug-likeness (QED) is 0.844. The van der Waals surface area contributed by atoms with E-state index in [2.05, 4.69) is 5.32 Å². The van der Waals surface area contributed by atoms with Gasteiger partial charge in [-0.3, -0.25) is 4.79 Å². The van der Waals surface area contributed by atoms with E-state index in [4.69, 9.17) is 11.6 Å². The minimum Gasteiger partial charge on any atom is -0.339 e. The van der Waals surface area contributed by atoms with Gasteiger partial charge >= 0.3 is 0 Å². The number of amides is 1. The molecule has 0 saturated carbocycles. The minimum atomic E-state index is 0. The Balaban J connectivity index is 0.00000176. The van der Waals surface area contributed by atoms with Crippen molar-refractivity contribution in [3.63, 3.8) is 0 Å². The Bertz CT molecular complexity index is 531. The molecule has 1 aromatic rings. The molecule has 1 aromatic carbocycles. The Morgan fingerprint density at radius 2 is 1.82 bits per heavy atom. The number of likely N-dealkylation sites (tertiary alicyclic amines) is 1. The number of hydrogen-bond donors (Lipinski definition) is 1. The average Bonchev–Trinajstić information content (AvgIpc) is 2.51. The van der Waals surface area contributed by atoms with Crippen molar-refractivity contribution < 1.29 is 4.79 Å². The number of nitrogens with zero attached hydrogens (tertiary/aromatic N) is 1. The lowest BCUT2D eigenvalue weighted by Crippen LogP contribution is -2.47. The van der Waals surface area contributed by atoms with Gasteiger partial charge in [-0.15, -0.1) is 12.4 Å².